The highest BCUT2D eigenvalue weighted by Gasteiger charge is 2.16. The second kappa shape index (κ2) is 11.1. The Hall–Kier alpha value is -2.79. The van der Waals surface area contributed by atoms with E-state index < -0.39 is 0 Å². The topological polar surface area (TPSA) is 50.8 Å². The van der Waals surface area contributed by atoms with Crippen LogP contribution in [-0.4, -0.2) is 43.7 Å². The molecule has 2 heterocycles. The van der Waals surface area contributed by atoms with Crippen molar-refractivity contribution in [1.29, 1.82) is 0 Å². The van der Waals surface area contributed by atoms with E-state index in [2.05, 4.69) is 55.3 Å². The smallest absolute Gasteiger partial charge is 0.248 e. The second-order valence-corrected chi connectivity index (χ2v) is 10.4. The van der Waals surface area contributed by atoms with Crippen molar-refractivity contribution in [3.8, 4) is 11.5 Å². The summed E-state index contributed by atoms with van der Waals surface area (Å²) in [5.41, 5.74) is 4.30. The molecule has 5 heteroatoms. The molecule has 34 heavy (non-hydrogen) atoms. The van der Waals surface area contributed by atoms with Crippen molar-refractivity contribution in [2.75, 3.05) is 38.2 Å². The van der Waals surface area contributed by atoms with Gasteiger partial charge in [0.1, 0.15) is 13.2 Å². The predicted molar refractivity (Wildman–Crippen MR) is 139 cm³/mol. The molecule has 0 atom stereocenters. The van der Waals surface area contributed by atoms with E-state index in [4.69, 9.17) is 9.47 Å². The third kappa shape index (κ3) is 6.63. The van der Waals surface area contributed by atoms with Crippen LogP contribution in [0.4, 0.5) is 5.69 Å². The Morgan fingerprint density at radius 2 is 1.68 bits per heavy atom. The number of carbonyl (C=O) groups is 1. The van der Waals surface area contributed by atoms with Gasteiger partial charge in [-0.15, -0.1) is 0 Å². The number of piperidine rings is 1. The molecule has 0 saturated carbocycles. The number of allylic oxidation sites excluding steroid dienone is 1. The standard InChI is InChI=1S/C29H38N2O3/c1-29(2,3)24-11-9-22(10-12-24)23(8-7-17-31-15-5-4-6-16-31)20-28(32)30-25-13-14-26-27(21-25)34-19-18-33-26/h9-14,20-21H,4-8,15-19H2,1-3H3,(H,30,32)/b23-20+. The average molecular weight is 463 g/mol. The molecule has 1 fully saturated rings. The molecule has 0 unspecified atom stereocenters. The molecule has 4 rings (SSSR count). The van der Waals surface area contributed by atoms with Gasteiger partial charge in [-0.2, -0.15) is 0 Å². The van der Waals surface area contributed by atoms with Crippen LogP contribution in [-0.2, 0) is 10.2 Å². The summed E-state index contributed by atoms with van der Waals surface area (Å²) in [6.07, 6.45) is 7.63. The summed E-state index contributed by atoms with van der Waals surface area (Å²) < 4.78 is 11.2. The van der Waals surface area contributed by atoms with Gasteiger partial charge in [0.2, 0.25) is 5.91 Å². The fourth-order valence-electron chi connectivity index (χ4n) is 4.62. The summed E-state index contributed by atoms with van der Waals surface area (Å²) in [5.74, 6) is 1.27. The van der Waals surface area contributed by atoms with Crippen LogP contribution >= 0.6 is 0 Å². The van der Waals surface area contributed by atoms with E-state index >= 15 is 0 Å². The number of carbonyl (C=O) groups excluding carboxylic acids is 1. The Balaban J connectivity index is 1.48. The molecule has 0 bridgehead atoms. The van der Waals surface area contributed by atoms with Crippen LogP contribution in [0.2, 0.25) is 0 Å². The number of hydrogen-bond acceptors (Lipinski definition) is 4. The lowest BCUT2D eigenvalue weighted by molar-refractivity contribution is -0.111. The van der Waals surface area contributed by atoms with Crippen LogP contribution in [0.25, 0.3) is 5.57 Å². The van der Waals surface area contributed by atoms with Crippen molar-refractivity contribution in [2.24, 2.45) is 0 Å². The number of hydrogen-bond donors (Lipinski definition) is 1. The number of fused-ring (bicyclic) bond motifs is 1. The predicted octanol–water partition coefficient (Wildman–Crippen LogP) is 6.04. The first kappa shape index (κ1) is 24.3. The van der Waals surface area contributed by atoms with Crippen LogP contribution in [0.15, 0.2) is 48.5 Å². The first-order valence-electron chi connectivity index (χ1n) is 12.6. The minimum atomic E-state index is -0.121. The average Bonchev–Trinajstić information content (AvgIpc) is 2.83. The van der Waals surface area contributed by atoms with Crippen molar-refractivity contribution in [2.45, 2.75) is 58.3 Å². The third-order valence-corrected chi connectivity index (χ3v) is 6.61. The summed E-state index contributed by atoms with van der Waals surface area (Å²) >= 11 is 0. The maximum absolute atomic E-state index is 13.0. The third-order valence-electron chi connectivity index (χ3n) is 6.61. The summed E-state index contributed by atoms with van der Waals surface area (Å²) in [6.45, 7) is 11.2. The molecule has 1 amide bonds. The first-order chi connectivity index (χ1) is 16.4. The minimum absolute atomic E-state index is 0.103. The monoisotopic (exact) mass is 462 g/mol. The van der Waals surface area contributed by atoms with E-state index in [0.29, 0.717) is 24.7 Å². The number of amides is 1. The fraction of sp³-hybridized carbons (Fsp3) is 0.483. The lowest BCUT2D eigenvalue weighted by Gasteiger charge is -2.26. The Morgan fingerprint density at radius 1 is 0.971 bits per heavy atom. The molecule has 182 valence electrons. The largest absolute Gasteiger partial charge is 0.486 e. The zero-order valence-electron chi connectivity index (χ0n) is 20.9. The molecule has 2 aromatic carbocycles. The molecular formula is C29H38N2O3. The zero-order valence-corrected chi connectivity index (χ0v) is 20.9. The van der Waals surface area contributed by atoms with E-state index in [0.717, 1.165) is 36.3 Å². The molecule has 1 N–H and O–H groups in total. The van der Waals surface area contributed by atoms with Gasteiger partial charge in [-0.3, -0.25) is 4.79 Å². The van der Waals surface area contributed by atoms with E-state index in [1.165, 1.54) is 37.9 Å². The molecule has 2 aliphatic heterocycles. The van der Waals surface area contributed by atoms with Crippen LogP contribution in [0.1, 0.15) is 64.0 Å². The molecular weight excluding hydrogens is 424 g/mol. The van der Waals surface area contributed by atoms with Gasteiger partial charge in [0.05, 0.1) is 0 Å². The van der Waals surface area contributed by atoms with Crippen molar-refractivity contribution in [3.63, 3.8) is 0 Å². The van der Waals surface area contributed by atoms with E-state index in [-0.39, 0.29) is 11.3 Å². The molecule has 0 aromatic heterocycles. The normalized spacial score (nSPS) is 16.9. The molecule has 2 aliphatic rings. The van der Waals surface area contributed by atoms with Crippen LogP contribution in [0.3, 0.4) is 0 Å². The number of ether oxygens (including phenoxy) is 2. The number of benzene rings is 2. The van der Waals surface area contributed by atoms with Crippen molar-refractivity contribution in [3.05, 3.63) is 59.7 Å². The Bertz CT molecular complexity index is 999. The summed E-state index contributed by atoms with van der Waals surface area (Å²) in [7, 11) is 0. The van der Waals surface area contributed by atoms with Gasteiger partial charge in [0, 0.05) is 17.8 Å². The van der Waals surface area contributed by atoms with Crippen molar-refractivity contribution >= 4 is 17.2 Å². The van der Waals surface area contributed by atoms with E-state index in [9.17, 15) is 4.79 Å². The first-order valence-corrected chi connectivity index (χ1v) is 12.6. The van der Waals surface area contributed by atoms with Crippen LogP contribution in [0.5, 0.6) is 11.5 Å². The van der Waals surface area contributed by atoms with Gasteiger partial charge in [-0.25, -0.2) is 0 Å². The number of rotatable bonds is 7. The summed E-state index contributed by atoms with van der Waals surface area (Å²) in [4.78, 5) is 15.5. The highest BCUT2D eigenvalue weighted by molar-refractivity contribution is 6.04. The molecule has 2 aromatic rings. The van der Waals surface area contributed by atoms with Crippen LogP contribution < -0.4 is 14.8 Å². The van der Waals surface area contributed by atoms with E-state index in [1.54, 1.807) is 6.08 Å². The molecule has 1 saturated heterocycles. The molecule has 5 nitrogen and oxygen atoms in total. The number of nitrogens with zero attached hydrogens (tertiary/aromatic N) is 1. The quantitative estimate of drug-likeness (QED) is 0.510. The van der Waals surface area contributed by atoms with Gasteiger partial charge in [-0.05, 0) is 79.6 Å². The number of likely N-dealkylation sites (tertiary alicyclic amines) is 1. The SMILES string of the molecule is CC(C)(C)c1ccc(/C(=C/C(=O)Nc2ccc3c(c2)OCCO3)CCCN2CCCCC2)cc1. The van der Waals surface area contributed by atoms with Gasteiger partial charge in [0.15, 0.2) is 11.5 Å². The maximum Gasteiger partial charge on any atom is 0.248 e. The lowest BCUT2D eigenvalue weighted by atomic mass is 9.86. The minimum Gasteiger partial charge on any atom is -0.486 e. The van der Waals surface area contributed by atoms with Crippen molar-refractivity contribution < 1.29 is 14.3 Å². The van der Waals surface area contributed by atoms with Gasteiger partial charge in [-0.1, -0.05) is 51.5 Å². The fourth-order valence-corrected chi connectivity index (χ4v) is 4.62. The van der Waals surface area contributed by atoms with Crippen molar-refractivity contribution in [1.82, 2.24) is 4.90 Å². The zero-order chi connectivity index (χ0) is 24.0. The van der Waals surface area contributed by atoms with Gasteiger partial charge in [0.25, 0.3) is 0 Å². The Kier molecular flexibility index (Phi) is 7.94. The lowest BCUT2D eigenvalue weighted by Crippen LogP contribution is -2.30. The number of nitrogens with one attached hydrogen (secondary N) is 1. The number of anilines is 1. The molecule has 0 spiro atoms. The summed E-state index contributed by atoms with van der Waals surface area (Å²) in [5, 5.41) is 3.01. The maximum atomic E-state index is 13.0. The summed E-state index contributed by atoms with van der Waals surface area (Å²) in [6, 6.07) is 14.2. The van der Waals surface area contributed by atoms with E-state index in [1.807, 2.05) is 18.2 Å². The van der Waals surface area contributed by atoms with Gasteiger partial charge < -0.3 is 19.7 Å². The van der Waals surface area contributed by atoms with Gasteiger partial charge >= 0.3 is 0 Å². The highest BCUT2D eigenvalue weighted by Crippen LogP contribution is 2.33. The second-order valence-electron chi connectivity index (χ2n) is 10.4. The van der Waals surface area contributed by atoms with Crippen LogP contribution in [0, 0.1) is 0 Å². The molecule has 0 aliphatic carbocycles. The molecule has 0 radical (unpaired) electrons. The Labute approximate surface area is 204 Å². The Morgan fingerprint density at radius 3 is 2.38 bits per heavy atom. The highest BCUT2D eigenvalue weighted by atomic mass is 16.6.